The van der Waals surface area contributed by atoms with Gasteiger partial charge in [0.05, 0.1) is 18.0 Å². The molecule has 0 unspecified atom stereocenters. The lowest BCUT2D eigenvalue weighted by molar-refractivity contribution is 0.417. The van der Waals surface area contributed by atoms with Crippen molar-refractivity contribution in [3.8, 4) is 0 Å². The number of hydrogen-bond donors (Lipinski definition) is 0. The molecule has 1 heterocycles. The molecule has 0 aliphatic rings. The van der Waals surface area contributed by atoms with Crippen LogP contribution < -0.4 is 0 Å². The van der Waals surface area contributed by atoms with Gasteiger partial charge in [0.1, 0.15) is 0 Å². The van der Waals surface area contributed by atoms with Crippen LogP contribution >= 0.6 is 0 Å². The molecule has 0 N–H and O–H groups in total. The third-order valence-corrected chi connectivity index (χ3v) is 5.74. The third kappa shape index (κ3) is 4.39. The van der Waals surface area contributed by atoms with E-state index in [2.05, 4.69) is 4.98 Å². The Labute approximate surface area is 132 Å². The highest BCUT2D eigenvalue weighted by atomic mass is 32.2. The van der Waals surface area contributed by atoms with Crippen molar-refractivity contribution >= 4 is 10.0 Å². The summed E-state index contributed by atoms with van der Waals surface area (Å²) in [5.41, 5.74) is 1.81. The van der Waals surface area contributed by atoms with Gasteiger partial charge in [-0.1, -0.05) is 50.2 Å². The molecule has 5 heteroatoms. The number of rotatable bonds is 7. The minimum absolute atomic E-state index is 0.0380. The Hall–Kier alpha value is -1.72. The van der Waals surface area contributed by atoms with E-state index in [9.17, 15) is 8.42 Å². The van der Waals surface area contributed by atoms with E-state index in [4.69, 9.17) is 0 Å². The van der Waals surface area contributed by atoms with Gasteiger partial charge in [-0.3, -0.25) is 4.98 Å². The van der Waals surface area contributed by atoms with Crippen molar-refractivity contribution in [3.63, 3.8) is 0 Å². The summed E-state index contributed by atoms with van der Waals surface area (Å²) >= 11 is 0. The van der Waals surface area contributed by atoms with Crippen molar-refractivity contribution in [2.24, 2.45) is 0 Å². The Morgan fingerprint density at radius 1 is 1.09 bits per heavy atom. The zero-order valence-corrected chi connectivity index (χ0v) is 13.8. The minimum atomic E-state index is -3.32. The summed E-state index contributed by atoms with van der Waals surface area (Å²) in [4.78, 5) is 4.21. The highest BCUT2D eigenvalue weighted by Crippen LogP contribution is 2.19. The molecule has 1 atom stereocenters. The second kappa shape index (κ2) is 7.51. The van der Waals surface area contributed by atoms with Crippen molar-refractivity contribution in [1.82, 2.24) is 9.29 Å². The van der Waals surface area contributed by atoms with E-state index in [0.717, 1.165) is 11.3 Å². The number of hydrogen-bond acceptors (Lipinski definition) is 3. The van der Waals surface area contributed by atoms with Crippen molar-refractivity contribution < 1.29 is 8.42 Å². The largest absolute Gasteiger partial charge is 0.260 e. The molecule has 0 amide bonds. The first-order chi connectivity index (χ1) is 10.5. The van der Waals surface area contributed by atoms with Crippen LogP contribution in [0.15, 0.2) is 54.7 Å². The highest BCUT2D eigenvalue weighted by Gasteiger charge is 2.24. The zero-order chi connectivity index (χ0) is 16.0. The van der Waals surface area contributed by atoms with Crippen LogP contribution in [0, 0.1) is 0 Å². The lowest BCUT2D eigenvalue weighted by Crippen LogP contribution is -2.34. The number of aromatic nitrogens is 1. The molecule has 1 aromatic carbocycles. The van der Waals surface area contributed by atoms with E-state index < -0.39 is 10.0 Å². The first kappa shape index (κ1) is 16.6. The van der Waals surface area contributed by atoms with E-state index in [1.165, 1.54) is 4.31 Å². The van der Waals surface area contributed by atoms with Gasteiger partial charge < -0.3 is 0 Å². The lowest BCUT2D eigenvalue weighted by Gasteiger charge is -2.22. The Kier molecular flexibility index (Phi) is 5.69. The van der Waals surface area contributed by atoms with Gasteiger partial charge in [-0.2, -0.15) is 4.31 Å². The summed E-state index contributed by atoms with van der Waals surface area (Å²) in [6, 6.07) is 15.3. The van der Waals surface area contributed by atoms with Gasteiger partial charge in [0, 0.05) is 12.7 Å². The molecule has 0 bridgehead atoms. The molecule has 0 fully saturated rings. The molecular weight excluding hydrogens is 296 g/mol. The summed E-state index contributed by atoms with van der Waals surface area (Å²) in [5, 5.41) is 0. The van der Waals surface area contributed by atoms with Crippen LogP contribution in [0.5, 0.6) is 0 Å². The summed E-state index contributed by atoms with van der Waals surface area (Å²) in [6.07, 6.45) is 1.68. The van der Waals surface area contributed by atoms with Crippen LogP contribution in [0.1, 0.15) is 31.0 Å². The number of sulfonamides is 1. The van der Waals surface area contributed by atoms with Crippen molar-refractivity contribution in [1.29, 1.82) is 0 Å². The standard InChI is InChI=1S/C17H22N2O2S/c1-3-19(13-17-11-7-8-12-18-17)22(20,21)14-15(2)16-9-5-4-6-10-16/h4-12,15H,3,13-14H2,1-2H3/t15-/m1/s1. The molecule has 0 aliphatic carbocycles. The Bertz CT molecular complexity index is 672. The van der Waals surface area contributed by atoms with Crippen molar-refractivity contribution in [2.45, 2.75) is 26.3 Å². The fraction of sp³-hybridized carbons (Fsp3) is 0.353. The second-order valence-electron chi connectivity index (χ2n) is 5.34. The van der Waals surface area contributed by atoms with Crippen molar-refractivity contribution in [2.75, 3.05) is 12.3 Å². The predicted molar refractivity (Wildman–Crippen MR) is 89.0 cm³/mol. The SMILES string of the molecule is CCN(Cc1ccccn1)S(=O)(=O)C[C@@H](C)c1ccccc1. The quantitative estimate of drug-likeness (QED) is 0.788. The van der Waals surface area contributed by atoms with Gasteiger partial charge >= 0.3 is 0 Å². The van der Waals surface area contributed by atoms with Gasteiger partial charge in [0.15, 0.2) is 0 Å². The Morgan fingerprint density at radius 3 is 2.36 bits per heavy atom. The fourth-order valence-corrected chi connectivity index (χ4v) is 4.14. The van der Waals surface area contributed by atoms with E-state index in [1.807, 2.05) is 62.4 Å². The van der Waals surface area contributed by atoms with Crippen LogP contribution in [-0.4, -0.2) is 30.0 Å². The summed E-state index contributed by atoms with van der Waals surface area (Å²) in [7, 11) is -3.32. The molecule has 0 saturated carbocycles. The number of nitrogens with zero attached hydrogens (tertiary/aromatic N) is 2. The summed E-state index contributed by atoms with van der Waals surface area (Å²) < 4.78 is 26.8. The summed E-state index contributed by atoms with van der Waals surface area (Å²) in [6.45, 7) is 4.57. The lowest BCUT2D eigenvalue weighted by atomic mass is 10.0. The zero-order valence-electron chi connectivity index (χ0n) is 13.0. The van der Waals surface area contributed by atoms with E-state index >= 15 is 0 Å². The van der Waals surface area contributed by atoms with Gasteiger partial charge in [-0.15, -0.1) is 0 Å². The Balaban J connectivity index is 2.10. The van der Waals surface area contributed by atoms with Gasteiger partial charge in [0.2, 0.25) is 10.0 Å². The molecule has 2 rings (SSSR count). The maximum Gasteiger partial charge on any atom is 0.215 e. The van der Waals surface area contributed by atoms with Gasteiger partial charge in [-0.25, -0.2) is 8.42 Å². The third-order valence-electron chi connectivity index (χ3n) is 3.64. The Morgan fingerprint density at radius 2 is 1.77 bits per heavy atom. The average molecular weight is 318 g/mol. The van der Waals surface area contributed by atoms with E-state index in [1.54, 1.807) is 6.20 Å². The maximum absolute atomic E-state index is 12.6. The fourth-order valence-electron chi connectivity index (χ4n) is 2.38. The van der Waals surface area contributed by atoms with Gasteiger partial charge in [0.25, 0.3) is 0 Å². The summed E-state index contributed by atoms with van der Waals surface area (Å²) in [5.74, 6) is 0.0708. The number of pyridine rings is 1. The van der Waals surface area contributed by atoms with Gasteiger partial charge in [-0.05, 0) is 23.6 Å². The van der Waals surface area contributed by atoms with Crippen LogP contribution in [-0.2, 0) is 16.6 Å². The smallest absolute Gasteiger partial charge is 0.215 e. The first-order valence-electron chi connectivity index (χ1n) is 7.45. The molecular formula is C17H22N2O2S. The molecule has 4 nitrogen and oxygen atoms in total. The highest BCUT2D eigenvalue weighted by molar-refractivity contribution is 7.89. The average Bonchev–Trinajstić information content (AvgIpc) is 2.54. The molecule has 0 saturated heterocycles. The molecule has 0 radical (unpaired) electrons. The van der Waals surface area contributed by atoms with Crippen molar-refractivity contribution in [3.05, 3.63) is 66.0 Å². The minimum Gasteiger partial charge on any atom is -0.260 e. The van der Waals surface area contributed by atoms with E-state index in [-0.39, 0.29) is 11.7 Å². The first-order valence-corrected chi connectivity index (χ1v) is 9.06. The van der Waals surface area contributed by atoms with E-state index in [0.29, 0.717) is 13.1 Å². The van der Waals surface area contributed by atoms with Crippen LogP contribution in [0.3, 0.4) is 0 Å². The molecule has 0 spiro atoms. The molecule has 118 valence electrons. The molecule has 0 aliphatic heterocycles. The van der Waals surface area contributed by atoms with Crippen LogP contribution in [0.4, 0.5) is 0 Å². The normalized spacial score (nSPS) is 13.2. The molecule has 1 aromatic heterocycles. The topological polar surface area (TPSA) is 50.3 Å². The van der Waals surface area contributed by atoms with Crippen LogP contribution in [0.2, 0.25) is 0 Å². The molecule has 22 heavy (non-hydrogen) atoms. The number of benzene rings is 1. The predicted octanol–water partition coefficient (Wildman–Crippen LogP) is 3.04. The second-order valence-corrected chi connectivity index (χ2v) is 7.35. The molecule has 2 aromatic rings. The van der Waals surface area contributed by atoms with Crippen LogP contribution in [0.25, 0.3) is 0 Å². The maximum atomic E-state index is 12.6. The monoisotopic (exact) mass is 318 g/mol.